The highest BCUT2D eigenvalue weighted by Crippen LogP contribution is 2.38. The van der Waals surface area contributed by atoms with E-state index < -0.39 is 4.92 Å². The molecule has 1 aromatic heterocycles. The monoisotopic (exact) mass is 490 g/mol. The lowest BCUT2D eigenvalue weighted by Crippen LogP contribution is -2.00. The lowest BCUT2D eigenvalue weighted by Gasteiger charge is -2.13. The smallest absolute Gasteiger partial charge is 0.269 e. The number of hydrogen-bond acceptors (Lipinski definition) is 7. The summed E-state index contributed by atoms with van der Waals surface area (Å²) in [6.07, 6.45) is 1.63. The second kappa shape index (κ2) is 10.2. The third-order valence-corrected chi connectivity index (χ3v) is 5.41. The van der Waals surface area contributed by atoms with Crippen molar-refractivity contribution >= 4 is 40.0 Å². The Kier molecular flexibility index (Phi) is 6.85. The van der Waals surface area contributed by atoms with Gasteiger partial charge in [-0.2, -0.15) is 5.26 Å². The van der Waals surface area contributed by atoms with Crippen molar-refractivity contribution in [3.8, 4) is 23.3 Å². The molecule has 0 spiro atoms. The maximum Gasteiger partial charge on any atom is 0.269 e. The molecule has 4 aromatic rings. The van der Waals surface area contributed by atoms with E-state index in [0.29, 0.717) is 39.5 Å². The molecule has 0 aliphatic rings. The Morgan fingerprint density at radius 1 is 1.20 bits per heavy atom. The Hall–Kier alpha value is -4.55. The van der Waals surface area contributed by atoms with Gasteiger partial charge in [0.1, 0.15) is 24.3 Å². The molecule has 0 aliphatic carbocycles. The van der Waals surface area contributed by atoms with Crippen LogP contribution < -0.4 is 14.2 Å². The van der Waals surface area contributed by atoms with E-state index in [1.54, 1.807) is 55.7 Å². The topological polar surface area (TPSA) is 123 Å². The molecule has 0 saturated heterocycles. The number of non-ortho nitro benzene ring substituents is 1. The van der Waals surface area contributed by atoms with Crippen LogP contribution in [0.1, 0.15) is 17.0 Å². The van der Waals surface area contributed by atoms with E-state index in [1.165, 1.54) is 19.2 Å². The average Bonchev–Trinajstić information content (AvgIpc) is 3.29. The Balaban J connectivity index is 1.62. The minimum Gasteiger partial charge on any atom is -0.497 e. The van der Waals surface area contributed by atoms with Crippen molar-refractivity contribution in [3.63, 3.8) is 0 Å². The van der Waals surface area contributed by atoms with E-state index in [2.05, 4.69) is 16.0 Å². The number of nitrogens with zero attached hydrogens (tertiary/aromatic N) is 3. The van der Waals surface area contributed by atoms with Crippen molar-refractivity contribution < 1.29 is 19.1 Å². The fourth-order valence-corrected chi connectivity index (χ4v) is 3.72. The maximum absolute atomic E-state index is 11.0. The Morgan fingerprint density at radius 3 is 2.74 bits per heavy atom. The van der Waals surface area contributed by atoms with Crippen molar-refractivity contribution in [2.45, 2.75) is 6.61 Å². The van der Waals surface area contributed by atoms with Gasteiger partial charge >= 0.3 is 0 Å². The van der Waals surface area contributed by atoms with Gasteiger partial charge in [-0.25, -0.2) is 4.98 Å². The highest BCUT2D eigenvalue weighted by molar-refractivity contribution is 6.32. The molecule has 0 saturated carbocycles. The fourth-order valence-electron chi connectivity index (χ4n) is 3.44. The number of imidazole rings is 1. The van der Waals surface area contributed by atoms with Gasteiger partial charge in [0.2, 0.25) is 0 Å². The van der Waals surface area contributed by atoms with Gasteiger partial charge in [-0.15, -0.1) is 0 Å². The van der Waals surface area contributed by atoms with Crippen molar-refractivity contribution in [2.24, 2.45) is 0 Å². The number of halogens is 1. The van der Waals surface area contributed by atoms with Crippen LogP contribution in [0.15, 0.2) is 54.6 Å². The van der Waals surface area contributed by atoms with Crippen molar-refractivity contribution in [1.82, 2.24) is 9.97 Å². The van der Waals surface area contributed by atoms with Gasteiger partial charge in [-0.05, 0) is 41.5 Å². The van der Waals surface area contributed by atoms with E-state index in [4.69, 9.17) is 25.8 Å². The summed E-state index contributed by atoms with van der Waals surface area (Å²) in [5.74, 6) is 1.71. The van der Waals surface area contributed by atoms with Gasteiger partial charge in [-0.3, -0.25) is 10.1 Å². The van der Waals surface area contributed by atoms with Crippen LogP contribution in [0.5, 0.6) is 17.2 Å². The van der Waals surface area contributed by atoms with Gasteiger partial charge in [-0.1, -0.05) is 23.7 Å². The minimum atomic E-state index is -0.469. The van der Waals surface area contributed by atoms with Gasteiger partial charge in [0.15, 0.2) is 11.5 Å². The molecule has 0 atom stereocenters. The zero-order chi connectivity index (χ0) is 24.9. The second-order valence-corrected chi connectivity index (χ2v) is 7.80. The van der Waals surface area contributed by atoms with Crippen LogP contribution in [0.2, 0.25) is 5.02 Å². The van der Waals surface area contributed by atoms with Crippen LogP contribution >= 0.6 is 11.6 Å². The lowest BCUT2D eigenvalue weighted by molar-refractivity contribution is -0.384. The molecule has 1 heterocycles. The van der Waals surface area contributed by atoms with Gasteiger partial charge in [0.05, 0.1) is 40.8 Å². The molecule has 35 heavy (non-hydrogen) atoms. The highest BCUT2D eigenvalue weighted by atomic mass is 35.5. The molecule has 10 heteroatoms. The molecule has 0 unspecified atom stereocenters. The lowest BCUT2D eigenvalue weighted by atomic mass is 10.1. The number of aromatic nitrogens is 2. The van der Waals surface area contributed by atoms with Gasteiger partial charge in [0.25, 0.3) is 5.69 Å². The van der Waals surface area contributed by atoms with Crippen LogP contribution in [-0.4, -0.2) is 29.1 Å². The number of nitro groups is 1. The Bertz CT molecular complexity index is 1490. The predicted molar refractivity (Wildman–Crippen MR) is 132 cm³/mol. The number of ether oxygens (including phenoxy) is 3. The number of nitriles is 1. The second-order valence-electron chi connectivity index (χ2n) is 7.39. The first-order chi connectivity index (χ1) is 16.9. The van der Waals surface area contributed by atoms with Gasteiger partial charge < -0.3 is 19.2 Å². The molecule has 1 N–H and O–H groups in total. The largest absolute Gasteiger partial charge is 0.497 e. The summed E-state index contributed by atoms with van der Waals surface area (Å²) in [6.45, 7) is 0.0544. The maximum atomic E-state index is 11.0. The number of H-pyrrole nitrogens is 1. The molecular weight excluding hydrogens is 472 g/mol. The Morgan fingerprint density at radius 2 is 2.03 bits per heavy atom. The number of nitrogens with one attached hydrogen (secondary N) is 1. The third kappa shape index (κ3) is 5.18. The van der Waals surface area contributed by atoms with Crippen LogP contribution in [0.25, 0.3) is 22.7 Å². The normalized spacial score (nSPS) is 11.2. The first kappa shape index (κ1) is 23.6. The van der Waals surface area contributed by atoms with E-state index in [9.17, 15) is 15.4 Å². The summed E-state index contributed by atoms with van der Waals surface area (Å²) >= 11 is 6.47. The summed E-state index contributed by atoms with van der Waals surface area (Å²) in [4.78, 5) is 18.1. The first-order valence-electron chi connectivity index (χ1n) is 10.3. The Labute approximate surface area is 205 Å². The van der Waals surface area contributed by atoms with Crippen LogP contribution in [0.4, 0.5) is 5.69 Å². The van der Waals surface area contributed by atoms with Crippen molar-refractivity contribution in [1.29, 1.82) is 5.26 Å². The number of rotatable bonds is 8. The quantitative estimate of drug-likeness (QED) is 0.188. The van der Waals surface area contributed by atoms with Crippen molar-refractivity contribution in [2.75, 3.05) is 14.2 Å². The van der Waals surface area contributed by atoms with Crippen LogP contribution in [0, 0.1) is 21.4 Å². The zero-order valence-electron chi connectivity index (χ0n) is 18.7. The number of methoxy groups -OCH3 is 2. The van der Waals surface area contributed by atoms with E-state index >= 15 is 0 Å². The van der Waals surface area contributed by atoms with Crippen LogP contribution in [0.3, 0.4) is 0 Å². The molecule has 0 bridgehead atoms. The molecule has 0 fully saturated rings. The summed E-state index contributed by atoms with van der Waals surface area (Å²) in [5, 5.41) is 21.0. The number of benzene rings is 3. The average molecular weight is 491 g/mol. The number of allylic oxidation sites excluding steroid dienone is 1. The molecule has 176 valence electrons. The number of aromatic amines is 1. The molecule has 9 nitrogen and oxygen atoms in total. The summed E-state index contributed by atoms with van der Waals surface area (Å²) in [7, 11) is 3.05. The zero-order valence-corrected chi connectivity index (χ0v) is 19.5. The summed E-state index contributed by atoms with van der Waals surface area (Å²) in [5.41, 5.74) is 2.91. The van der Waals surface area contributed by atoms with Crippen molar-refractivity contribution in [3.05, 3.63) is 86.7 Å². The van der Waals surface area contributed by atoms with Gasteiger partial charge in [0, 0.05) is 18.2 Å². The van der Waals surface area contributed by atoms with E-state index in [1.807, 2.05) is 0 Å². The standard InChI is InChI=1S/C25H19ClN4O5/c1-33-19-6-7-21-22(12-19)29-25(28-21)17(13-27)8-16-10-20(26)24(23(11-16)34-2)35-14-15-4-3-5-18(9-15)30(31)32/h3-12H,14H2,1-2H3,(H,28,29)/b17-8+. The fraction of sp³-hybridized carbons (Fsp3) is 0.120. The van der Waals surface area contributed by atoms with E-state index in [-0.39, 0.29) is 23.1 Å². The highest BCUT2D eigenvalue weighted by Gasteiger charge is 2.15. The number of hydrogen-bond donors (Lipinski definition) is 1. The number of nitro benzene ring substituents is 1. The third-order valence-electron chi connectivity index (χ3n) is 5.13. The molecule has 4 rings (SSSR count). The van der Waals surface area contributed by atoms with Crippen LogP contribution in [-0.2, 0) is 6.61 Å². The first-order valence-corrected chi connectivity index (χ1v) is 10.7. The molecule has 0 aliphatic heterocycles. The number of fused-ring (bicyclic) bond motifs is 1. The van der Waals surface area contributed by atoms with E-state index in [0.717, 1.165) is 5.52 Å². The molecule has 0 amide bonds. The molecular formula is C25H19ClN4O5. The molecule has 3 aromatic carbocycles. The summed E-state index contributed by atoms with van der Waals surface area (Å²) in [6, 6.07) is 17.0. The minimum absolute atomic E-state index is 0.0299. The SMILES string of the molecule is COc1ccc2nc(/C(C#N)=C/c3cc(Cl)c(OCc4cccc([N+](=O)[O-])c4)c(OC)c3)[nH]c2c1. The predicted octanol–water partition coefficient (Wildman–Crippen LogP) is 5.78. The molecule has 0 radical (unpaired) electrons. The summed E-state index contributed by atoms with van der Waals surface area (Å²) < 4.78 is 16.5.